The van der Waals surface area contributed by atoms with E-state index in [-0.39, 0.29) is 18.5 Å². The van der Waals surface area contributed by atoms with Crippen molar-refractivity contribution in [2.24, 2.45) is 5.92 Å². The first kappa shape index (κ1) is 15.5. The van der Waals surface area contributed by atoms with Gasteiger partial charge in [0, 0.05) is 6.54 Å². The number of hydrogen-bond acceptors (Lipinski definition) is 2. The van der Waals surface area contributed by atoms with Crippen molar-refractivity contribution >= 4 is 12.4 Å². The van der Waals surface area contributed by atoms with Gasteiger partial charge in [-0.1, -0.05) is 37.3 Å². The summed E-state index contributed by atoms with van der Waals surface area (Å²) in [4.78, 5) is 2.48. The first-order chi connectivity index (χ1) is 8.25. The second kappa shape index (κ2) is 7.78. The minimum absolute atomic E-state index is 0. The van der Waals surface area contributed by atoms with Crippen LogP contribution >= 0.6 is 12.4 Å². The fraction of sp³-hybridized carbons (Fsp3) is 0.600. The van der Waals surface area contributed by atoms with Gasteiger partial charge in [0.05, 0.1) is 6.10 Å². The smallest absolute Gasteiger partial charge is 0.0802 e. The Kier molecular flexibility index (Phi) is 6.69. The normalized spacial score (nSPS) is 19.2. The first-order valence-corrected chi connectivity index (χ1v) is 6.71. The predicted molar refractivity (Wildman–Crippen MR) is 78.1 cm³/mol. The largest absolute Gasteiger partial charge is 0.388 e. The number of benzene rings is 1. The summed E-state index contributed by atoms with van der Waals surface area (Å²) in [6.07, 6.45) is 3.15. The predicted octanol–water partition coefficient (Wildman–Crippen LogP) is 3.26. The third-order valence-corrected chi connectivity index (χ3v) is 3.78. The summed E-state index contributed by atoms with van der Waals surface area (Å²) in [5, 5.41) is 10.1. The van der Waals surface area contributed by atoms with E-state index in [1.54, 1.807) is 0 Å². The number of piperidine rings is 1. The molecule has 3 heteroatoms. The van der Waals surface area contributed by atoms with Gasteiger partial charge < -0.3 is 10.0 Å². The Labute approximate surface area is 116 Å². The zero-order valence-corrected chi connectivity index (χ0v) is 11.9. The molecule has 1 unspecified atom stereocenters. The van der Waals surface area contributed by atoms with Crippen LogP contribution in [0.3, 0.4) is 0 Å². The van der Waals surface area contributed by atoms with Gasteiger partial charge in [-0.25, -0.2) is 0 Å². The van der Waals surface area contributed by atoms with Gasteiger partial charge in [-0.2, -0.15) is 0 Å². The molecule has 0 amide bonds. The molecule has 1 N–H and O–H groups in total. The fourth-order valence-corrected chi connectivity index (χ4v) is 2.43. The van der Waals surface area contributed by atoms with Crippen molar-refractivity contribution in [2.75, 3.05) is 19.6 Å². The monoisotopic (exact) mass is 269 g/mol. The second-order valence-corrected chi connectivity index (χ2v) is 5.24. The number of aliphatic hydroxyl groups excluding tert-OH is 1. The molecule has 1 heterocycles. The summed E-state index contributed by atoms with van der Waals surface area (Å²) < 4.78 is 0. The van der Waals surface area contributed by atoms with E-state index in [2.05, 4.69) is 11.8 Å². The van der Waals surface area contributed by atoms with Gasteiger partial charge in [0.15, 0.2) is 0 Å². The van der Waals surface area contributed by atoms with Crippen LogP contribution in [0.25, 0.3) is 0 Å². The van der Waals surface area contributed by atoms with Gasteiger partial charge in [-0.3, -0.25) is 0 Å². The van der Waals surface area contributed by atoms with Gasteiger partial charge in [0.1, 0.15) is 0 Å². The maximum atomic E-state index is 10.1. The van der Waals surface area contributed by atoms with Crippen LogP contribution in [-0.4, -0.2) is 29.6 Å². The number of nitrogens with zero attached hydrogens (tertiary/aromatic N) is 1. The maximum Gasteiger partial charge on any atom is 0.0802 e. The number of aliphatic hydroxyl groups is 1. The highest BCUT2D eigenvalue weighted by Gasteiger charge is 2.16. The summed E-state index contributed by atoms with van der Waals surface area (Å²) in [5.41, 5.74) is 1.04. The molecule has 0 bridgehead atoms. The van der Waals surface area contributed by atoms with E-state index < -0.39 is 0 Å². The number of hydrogen-bond donors (Lipinski definition) is 1. The lowest BCUT2D eigenvalue weighted by atomic mass is 9.98. The molecule has 0 aliphatic carbocycles. The molecular weight excluding hydrogens is 246 g/mol. The van der Waals surface area contributed by atoms with E-state index in [4.69, 9.17) is 0 Å². The van der Waals surface area contributed by atoms with Crippen LogP contribution < -0.4 is 0 Å². The van der Waals surface area contributed by atoms with Gasteiger partial charge >= 0.3 is 0 Å². The van der Waals surface area contributed by atoms with Gasteiger partial charge in [-0.15, -0.1) is 12.4 Å². The molecule has 1 aromatic carbocycles. The van der Waals surface area contributed by atoms with Crippen molar-refractivity contribution < 1.29 is 5.11 Å². The number of rotatable bonds is 4. The molecule has 1 atom stereocenters. The third-order valence-electron chi connectivity index (χ3n) is 3.78. The molecule has 18 heavy (non-hydrogen) atoms. The third kappa shape index (κ3) is 4.60. The van der Waals surface area contributed by atoms with E-state index in [9.17, 15) is 5.11 Å². The van der Waals surface area contributed by atoms with E-state index in [1.165, 1.54) is 25.9 Å². The highest BCUT2D eigenvalue weighted by Crippen LogP contribution is 2.20. The number of likely N-dealkylation sites (tertiary alicyclic amines) is 1. The van der Waals surface area contributed by atoms with E-state index in [0.29, 0.717) is 0 Å². The number of halogens is 1. The molecular formula is C15H24ClNO. The zero-order valence-electron chi connectivity index (χ0n) is 11.1. The summed E-state index contributed by atoms with van der Waals surface area (Å²) in [6, 6.07) is 9.97. The minimum Gasteiger partial charge on any atom is -0.388 e. The van der Waals surface area contributed by atoms with Crippen molar-refractivity contribution in [3.05, 3.63) is 35.9 Å². The Balaban J connectivity index is 0.00000162. The van der Waals surface area contributed by atoms with Crippen molar-refractivity contribution in [1.82, 2.24) is 4.90 Å². The van der Waals surface area contributed by atoms with Crippen LogP contribution in [0, 0.1) is 5.92 Å². The highest BCUT2D eigenvalue weighted by molar-refractivity contribution is 5.85. The molecule has 0 spiro atoms. The SMILES string of the molecule is CC1CCN(CCC(O)c2ccccc2)CC1.Cl. The average molecular weight is 270 g/mol. The van der Waals surface area contributed by atoms with Crippen molar-refractivity contribution in [1.29, 1.82) is 0 Å². The quantitative estimate of drug-likeness (QED) is 0.907. The van der Waals surface area contributed by atoms with Crippen molar-refractivity contribution in [2.45, 2.75) is 32.3 Å². The Morgan fingerprint density at radius 2 is 1.83 bits per heavy atom. The fourth-order valence-electron chi connectivity index (χ4n) is 2.43. The lowest BCUT2D eigenvalue weighted by molar-refractivity contribution is 0.125. The molecule has 1 aliphatic rings. The van der Waals surface area contributed by atoms with Crippen LogP contribution in [-0.2, 0) is 0 Å². The highest BCUT2D eigenvalue weighted by atomic mass is 35.5. The van der Waals surface area contributed by atoms with Gasteiger partial charge in [0.25, 0.3) is 0 Å². The summed E-state index contributed by atoms with van der Waals surface area (Å²) in [7, 11) is 0. The second-order valence-electron chi connectivity index (χ2n) is 5.24. The topological polar surface area (TPSA) is 23.5 Å². The minimum atomic E-state index is -0.310. The Bertz CT molecular complexity index is 323. The molecule has 1 saturated heterocycles. The first-order valence-electron chi connectivity index (χ1n) is 6.71. The van der Waals surface area contributed by atoms with E-state index >= 15 is 0 Å². The van der Waals surface area contributed by atoms with Crippen molar-refractivity contribution in [3.63, 3.8) is 0 Å². The molecule has 1 aliphatic heterocycles. The molecule has 2 nitrogen and oxygen atoms in total. The Morgan fingerprint density at radius 1 is 1.22 bits per heavy atom. The molecule has 0 aromatic heterocycles. The lowest BCUT2D eigenvalue weighted by Gasteiger charge is -2.30. The summed E-state index contributed by atoms with van der Waals surface area (Å²) in [5.74, 6) is 0.880. The van der Waals surface area contributed by atoms with E-state index in [0.717, 1.165) is 24.4 Å². The average Bonchev–Trinajstić information content (AvgIpc) is 2.39. The summed E-state index contributed by atoms with van der Waals surface area (Å²) >= 11 is 0. The molecule has 1 fully saturated rings. The molecule has 0 saturated carbocycles. The van der Waals surface area contributed by atoms with Crippen LogP contribution in [0.5, 0.6) is 0 Å². The van der Waals surface area contributed by atoms with Crippen LogP contribution in [0.15, 0.2) is 30.3 Å². The Hall–Kier alpha value is -0.570. The molecule has 1 aromatic rings. The maximum absolute atomic E-state index is 10.1. The van der Waals surface area contributed by atoms with Crippen molar-refractivity contribution in [3.8, 4) is 0 Å². The van der Waals surface area contributed by atoms with Crippen LogP contribution in [0.2, 0.25) is 0 Å². The van der Waals surface area contributed by atoms with Gasteiger partial charge in [-0.05, 0) is 43.8 Å². The van der Waals surface area contributed by atoms with Crippen LogP contribution in [0.4, 0.5) is 0 Å². The molecule has 0 radical (unpaired) electrons. The standard InChI is InChI=1S/C15H23NO.ClH/c1-13-7-10-16(11-8-13)12-9-15(17)14-5-3-2-4-6-14;/h2-6,13,15,17H,7-12H2,1H3;1H. The van der Waals surface area contributed by atoms with E-state index in [1.807, 2.05) is 30.3 Å². The lowest BCUT2D eigenvalue weighted by Crippen LogP contribution is -2.34. The zero-order chi connectivity index (χ0) is 12.1. The summed E-state index contributed by atoms with van der Waals surface area (Å²) in [6.45, 7) is 5.74. The van der Waals surface area contributed by atoms with Crippen LogP contribution in [0.1, 0.15) is 37.9 Å². The molecule has 2 rings (SSSR count). The van der Waals surface area contributed by atoms with Gasteiger partial charge in [0.2, 0.25) is 0 Å². The molecule has 102 valence electrons. The Morgan fingerprint density at radius 3 is 2.44 bits per heavy atom.